The van der Waals surface area contributed by atoms with E-state index >= 15 is 0 Å². The minimum absolute atomic E-state index is 0.180. The van der Waals surface area contributed by atoms with Crippen LogP contribution in [0.15, 0.2) is 78.9 Å². The molecular formula is C26H27NO3. The van der Waals surface area contributed by atoms with Crippen molar-refractivity contribution in [3.63, 3.8) is 0 Å². The first-order valence-electron chi connectivity index (χ1n) is 10.1. The molecule has 0 radical (unpaired) electrons. The highest BCUT2D eigenvalue weighted by atomic mass is 16.5. The van der Waals surface area contributed by atoms with E-state index in [1.807, 2.05) is 48.5 Å². The monoisotopic (exact) mass is 401 g/mol. The Morgan fingerprint density at radius 3 is 1.97 bits per heavy atom. The van der Waals surface area contributed by atoms with Gasteiger partial charge < -0.3 is 14.6 Å². The zero-order valence-corrected chi connectivity index (χ0v) is 17.4. The molecule has 4 rings (SSSR count). The van der Waals surface area contributed by atoms with Gasteiger partial charge in [0, 0.05) is 24.7 Å². The van der Waals surface area contributed by atoms with E-state index in [1.165, 1.54) is 11.1 Å². The first kappa shape index (κ1) is 20.2. The smallest absolute Gasteiger partial charge is 0.129 e. The van der Waals surface area contributed by atoms with E-state index in [0.717, 1.165) is 24.2 Å². The standard InChI is InChI=1S/C26H27NO3/c1-29-22-15-21-13-14-23(26(28)25(21)24(16-22)30-2)27(17-19-9-5-3-6-10-19)18-20-11-7-4-8-12-20/h3-16,23,26,28H,17-18H2,1-2H3/t23-,26+/m0/s1. The van der Waals surface area contributed by atoms with E-state index in [4.69, 9.17) is 9.47 Å². The minimum Gasteiger partial charge on any atom is -0.497 e. The molecular weight excluding hydrogens is 374 g/mol. The number of hydrogen-bond donors (Lipinski definition) is 1. The summed E-state index contributed by atoms with van der Waals surface area (Å²) in [4.78, 5) is 2.30. The SMILES string of the molecule is COc1cc2c(c(OC)c1)[C@H](O)[C@@H](N(Cc1ccccc1)Cc1ccccc1)C=C2. The summed E-state index contributed by atoms with van der Waals surface area (Å²) < 4.78 is 11.0. The molecule has 3 aromatic carbocycles. The largest absolute Gasteiger partial charge is 0.497 e. The summed E-state index contributed by atoms with van der Waals surface area (Å²) in [5.41, 5.74) is 4.15. The maximum absolute atomic E-state index is 11.4. The number of nitrogens with zero attached hydrogens (tertiary/aromatic N) is 1. The molecule has 0 bridgehead atoms. The van der Waals surface area contributed by atoms with Gasteiger partial charge in [0.05, 0.1) is 20.3 Å². The zero-order chi connectivity index (χ0) is 20.9. The first-order chi connectivity index (χ1) is 14.7. The second kappa shape index (κ2) is 9.16. The molecule has 0 unspecified atom stereocenters. The topological polar surface area (TPSA) is 41.9 Å². The fourth-order valence-electron chi connectivity index (χ4n) is 4.07. The summed E-state index contributed by atoms with van der Waals surface area (Å²) in [7, 11) is 3.26. The Balaban J connectivity index is 1.69. The summed E-state index contributed by atoms with van der Waals surface area (Å²) in [5, 5.41) is 11.4. The average molecular weight is 402 g/mol. The number of hydrogen-bond acceptors (Lipinski definition) is 4. The van der Waals surface area contributed by atoms with Gasteiger partial charge in [0.1, 0.15) is 17.6 Å². The quantitative estimate of drug-likeness (QED) is 0.615. The molecule has 1 aliphatic carbocycles. The highest BCUT2D eigenvalue weighted by Crippen LogP contribution is 2.40. The first-order valence-corrected chi connectivity index (χ1v) is 10.1. The second-order valence-corrected chi connectivity index (χ2v) is 7.50. The van der Waals surface area contributed by atoms with Crippen molar-refractivity contribution < 1.29 is 14.6 Å². The maximum atomic E-state index is 11.4. The normalized spacial score (nSPS) is 17.6. The zero-order valence-electron chi connectivity index (χ0n) is 17.4. The molecule has 3 aromatic rings. The third kappa shape index (κ3) is 4.25. The van der Waals surface area contributed by atoms with Crippen LogP contribution in [-0.4, -0.2) is 30.3 Å². The fraction of sp³-hybridized carbons (Fsp3) is 0.231. The molecule has 4 heteroatoms. The lowest BCUT2D eigenvalue weighted by atomic mass is 9.89. The van der Waals surface area contributed by atoms with Gasteiger partial charge in [-0.25, -0.2) is 0 Å². The Kier molecular flexibility index (Phi) is 6.17. The Labute approximate surface area is 178 Å². The second-order valence-electron chi connectivity index (χ2n) is 7.50. The summed E-state index contributed by atoms with van der Waals surface area (Å²) in [6.07, 6.45) is 3.43. The van der Waals surface area contributed by atoms with Gasteiger partial charge in [0.15, 0.2) is 0 Å². The van der Waals surface area contributed by atoms with Gasteiger partial charge in [-0.1, -0.05) is 72.8 Å². The van der Waals surface area contributed by atoms with Crippen molar-refractivity contribution in [3.05, 3.63) is 101 Å². The molecule has 0 saturated carbocycles. The van der Waals surface area contributed by atoms with Crippen molar-refractivity contribution >= 4 is 6.08 Å². The Morgan fingerprint density at radius 2 is 1.43 bits per heavy atom. The molecule has 1 N–H and O–H groups in total. The molecule has 0 fully saturated rings. The highest BCUT2D eigenvalue weighted by Gasteiger charge is 2.32. The molecule has 0 saturated heterocycles. The predicted molar refractivity (Wildman–Crippen MR) is 119 cm³/mol. The van der Waals surface area contributed by atoms with Crippen molar-refractivity contribution in [2.45, 2.75) is 25.2 Å². The van der Waals surface area contributed by atoms with Gasteiger partial charge in [0.2, 0.25) is 0 Å². The Bertz CT molecular complexity index is 960. The summed E-state index contributed by atoms with van der Waals surface area (Å²) in [6, 6.07) is 24.3. The van der Waals surface area contributed by atoms with E-state index in [9.17, 15) is 5.11 Å². The van der Waals surface area contributed by atoms with E-state index in [1.54, 1.807) is 14.2 Å². The van der Waals surface area contributed by atoms with Crippen LogP contribution in [0, 0.1) is 0 Å². The lowest BCUT2D eigenvalue weighted by molar-refractivity contribution is 0.0609. The lowest BCUT2D eigenvalue weighted by Gasteiger charge is -2.36. The van der Waals surface area contributed by atoms with Crippen LogP contribution >= 0.6 is 0 Å². The van der Waals surface area contributed by atoms with Gasteiger partial charge in [0.25, 0.3) is 0 Å². The van der Waals surface area contributed by atoms with Crippen LogP contribution in [0.25, 0.3) is 6.08 Å². The Hall–Kier alpha value is -3.08. The van der Waals surface area contributed by atoms with Crippen molar-refractivity contribution in [2.75, 3.05) is 14.2 Å². The molecule has 2 atom stereocenters. The predicted octanol–water partition coefficient (Wildman–Crippen LogP) is 4.84. The number of methoxy groups -OCH3 is 2. The number of benzene rings is 3. The van der Waals surface area contributed by atoms with Gasteiger partial charge in [-0.05, 0) is 22.8 Å². The molecule has 0 amide bonds. The Morgan fingerprint density at radius 1 is 0.833 bits per heavy atom. The average Bonchev–Trinajstić information content (AvgIpc) is 2.79. The van der Waals surface area contributed by atoms with Crippen molar-refractivity contribution in [1.82, 2.24) is 4.90 Å². The number of rotatable bonds is 7. The third-order valence-electron chi connectivity index (χ3n) is 5.57. The summed E-state index contributed by atoms with van der Waals surface area (Å²) >= 11 is 0. The number of aliphatic hydroxyl groups is 1. The van der Waals surface area contributed by atoms with Crippen LogP contribution in [0.3, 0.4) is 0 Å². The molecule has 0 aliphatic heterocycles. The van der Waals surface area contributed by atoms with Crippen molar-refractivity contribution in [3.8, 4) is 11.5 Å². The lowest BCUT2D eigenvalue weighted by Crippen LogP contribution is -2.39. The number of fused-ring (bicyclic) bond motifs is 1. The molecule has 154 valence electrons. The van der Waals surface area contributed by atoms with Crippen LogP contribution in [0.1, 0.15) is 28.4 Å². The maximum Gasteiger partial charge on any atom is 0.129 e. The molecule has 4 nitrogen and oxygen atoms in total. The number of ether oxygens (including phenoxy) is 2. The van der Waals surface area contributed by atoms with Crippen molar-refractivity contribution in [2.24, 2.45) is 0 Å². The number of aliphatic hydroxyl groups excluding tert-OH is 1. The van der Waals surface area contributed by atoms with Gasteiger partial charge in [-0.15, -0.1) is 0 Å². The highest BCUT2D eigenvalue weighted by molar-refractivity contribution is 5.65. The van der Waals surface area contributed by atoms with Gasteiger partial charge in [-0.3, -0.25) is 4.90 Å². The van der Waals surface area contributed by atoms with E-state index in [-0.39, 0.29) is 6.04 Å². The molecule has 1 aliphatic rings. The molecule has 0 heterocycles. The molecule has 0 aromatic heterocycles. The van der Waals surface area contributed by atoms with Crippen LogP contribution in [0.5, 0.6) is 11.5 Å². The van der Waals surface area contributed by atoms with Crippen LogP contribution < -0.4 is 9.47 Å². The van der Waals surface area contributed by atoms with Crippen LogP contribution in [-0.2, 0) is 13.1 Å². The van der Waals surface area contributed by atoms with E-state index in [0.29, 0.717) is 11.5 Å². The summed E-state index contributed by atoms with van der Waals surface area (Å²) in [6.45, 7) is 1.46. The van der Waals surface area contributed by atoms with E-state index in [2.05, 4.69) is 41.3 Å². The minimum atomic E-state index is -0.710. The molecule has 0 spiro atoms. The van der Waals surface area contributed by atoms with Gasteiger partial charge >= 0.3 is 0 Å². The third-order valence-corrected chi connectivity index (χ3v) is 5.57. The van der Waals surface area contributed by atoms with Crippen molar-refractivity contribution in [1.29, 1.82) is 0 Å². The van der Waals surface area contributed by atoms with Crippen LogP contribution in [0.4, 0.5) is 0 Å². The summed E-state index contributed by atoms with van der Waals surface area (Å²) in [5.74, 6) is 1.36. The molecule has 30 heavy (non-hydrogen) atoms. The van der Waals surface area contributed by atoms with E-state index < -0.39 is 6.10 Å². The fourth-order valence-corrected chi connectivity index (χ4v) is 4.07. The van der Waals surface area contributed by atoms with Gasteiger partial charge in [-0.2, -0.15) is 0 Å². The van der Waals surface area contributed by atoms with Crippen LogP contribution in [0.2, 0.25) is 0 Å².